The van der Waals surface area contributed by atoms with Crippen molar-refractivity contribution >= 4 is 21.6 Å². The van der Waals surface area contributed by atoms with Crippen molar-refractivity contribution in [3.8, 4) is 17.2 Å². The maximum absolute atomic E-state index is 13.1. The third-order valence-corrected chi connectivity index (χ3v) is 7.08. The average molecular weight is 432 g/mol. The third kappa shape index (κ3) is 4.08. The summed E-state index contributed by atoms with van der Waals surface area (Å²) < 4.78 is 44.3. The second kappa shape index (κ2) is 8.53. The Morgan fingerprint density at radius 3 is 2.57 bits per heavy atom. The minimum atomic E-state index is -3.73. The molecular formula is C21H24N2O6S. The molecule has 0 saturated carbocycles. The van der Waals surface area contributed by atoms with Gasteiger partial charge in [-0.3, -0.25) is 4.79 Å². The predicted molar refractivity (Wildman–Crippen MR) is 111 cm³/mol. The van der Waals surface area contributed by atoms with Crippen molar-refractivity contribution in [1.29, 1.82) is 0 Å². The number of carbonyl (C=O) groups excluding carboxylic acids is 1. The van der Waals surface area contributed by atoms with E-state index >= 15 is 0 Å². The molecule has 2 aliphatic rings. The lowest BCUT2D eigenvalue weighted by Gasteiger charge is -2.27. The first kappa shape index (κ1) is 20.5. The van der Waals surface area contributed by atoms with E-state index in [1.165, 1.54) is 17.5 Å². The van der Waals surface area contributed by atoms with Gasteiger partial charge in [0.15, 0.2) is 11.5 Å². The summed E-state index contributed by atoms with van der Waals surface area (Å²) in [5, 5.41) is 2.73. The van der Waals surface area contributed by atoms with Gasteiger partial charge in [0.05, 0.1) is 7.11 Å². The number of nitrogens with one attached hydrogen (secondary N) is 1. The zero-order valence-electron chi connectivity index (χ0n) is 16.7. The fourth-order valence-corrected chi connectivity index (χ4v) is 5.27. The van der Waals surface area contributed by atoms with E-state index in [2.05, 4.69) is 5.32 Å². The highest BCUT2D eigenvalue weighted by atomic mass is 32.2. The zero-order chi connectivity index (χ0) is 21.1. The van der Waals surface area contributed by atoms with Gasteiger partial charge in [0.2, 0.25) is 16.1 Å². The molecule has 4 rings (SSSR count). The van der Waals surface area contributed by atoms with Crippen LogP contribution in [0.3, 0.4) is 0 Å². The number of rotatable bonds is 5. The van der Waals surface area contributed by atoms with E-state index in [1.807, 2.05) is 6.07 Å². The Kier molecular flexibility index (Phi) is 5.83. The van der Waals surface area contributed by atoms with Crippen molar-refractivity contribution in [2.75, 3.05) is 32.1 Å². The number of hydrogen-bond donors (Lipinski definition) is 1. The molecule has 1 atom stereocenters. The largest absolute Gasteiger partial charge is 0.495 e. The summed E-state index contributed by atoms with van der Waals surface area (Å²) >= 11 is 0. The molecule has 0 unspecified atom stereocenters. The van der Waals surface area contributed by atoms with Gasteiger partial charge >= 0.3 is 0 Å². The first-order valence-corrected chi connectivity index (χ1v) is 11.3. The molecule has 1 fully saturated rings. The van der Waals surface area contributed by atoms with Crippen LogP contribution < -0.4 is 19.5 Å². The Hall–Kier alpha value is -2.78. The van der Waals surface area contributed by atoms with Gasteiger partial charge in [-0.2, -0.15) is 4.31 Å². The van der Waals surface area contributed by atoms with Gasteiger partial charge in [-0.25, -0.2) is 8.42 Å². The number of nitrogens with zero attached hydrogens (tertiary/aromatic N) is 1. The molecule has 0 bridgehead atoms. The van der Waals surface area contributed by atoms with Crippen molar-refractivity contribution in [1.82, 2.24) is 4.31 Å². The van der Waals surface area contributed by atoms with Crippen molar-refractivity contribution in [2.24, 2.45) is 0 Å². The van der Waals surface area contributed by atoms with Gasteiger partial charge in [0, 0.05) is 18.8 Å². The molecule has 160 valence electrons. The quantitative estimate of drug-likeness (QED) is 0.781. The number of piperidine rings is 1. The molecule has 0 aromatic heterocycles. The topological polar surface area (TPSA) is 94.2 Å². The Morgan fingerprint density at radius 1 is 1.10 bits per heavy atom. The van der Waals surface area contributed by atoms with Gasteiger partial charge in [0.1, 0.15) is 17.3 Å². The molecule has 2 aliphatic heterocycles. The minimum absolute atomic E-state index is 0.0378. The van der Waals surface area contributed by atoms with Crippen molar-refractivity contribution < 1.29 is 27.4 Å². The number of sulfonamides is 1. The van der Waals surface area contributed by atoms with Gasteiger partial charge in [-0.05, 0) is 43.2 Å². The second-order valence-corrected chi connectivity index (χ2v) is 9.09. The summed E-state index contributed by atoms with van der Waals surface area (Å²) in [6, 6.07) is 11.7. The Morgan fingerprint density at radius 2 is 1.83 bits per heavy atom. The summed E-state index contributed by atoms with van der Waals surface area (Å²) in [4.78, 5) is 12.7. The van der Waals surface area contributed by atoms with E-state index in [4.69, 9.17) is 14.2 Å². The number of para-hydroxylation sites is 2. The predicted octanol–water partition coefficient (Wildman–Crippen LogP) is 2.65. The van der Waals surface area contributed by atoms with Gasteiger partial charge in [-0.15, -0.1) is 0 Å². The third-order valence-electron chi connectivity index (χ3n) is 5.17. The zero-order valence-corrected chi connectivity index (χ0v) is 17.5. The SMILES string of the molecule is COc1ccc(NC(=O)[C@H]2COc3ccccc3O2)cc1S(=O)(=O)N1CCCCC1. The normalized spacial score (nSPS) is 19.2. The van der Waals surface area contributed by atoms with Crippen LogP contribution in [0.15, 0.2) is 47.4 Å². The maximum Gasteiger partial charge on any atom is 0.269 e. The number of benzene rings is 2. The van der Waals surface area contributed by atoms with E-state index in [9.17, 15) is 13.2 Å². The molecule has 1 N–H and O–H groups in total. The standard InChI is InChI=1S/C21H24N2O6S/c1-27-18-10-9-15(13-20(18)30(25,26)23-11-5-2-6-12-23)22-21(24)19-14-28-16-7-3-4-8-17(16)29-19/h3-4,7-10,13,19H,2,5-6,11-12,14H2,1H3,(H,22,24)/t19-/m1/s1. The highest BCUT2D eigenvalue weighted by Crippen LogP contribution is 2.33. The Bertz CT molecular complexity index is 1030. The maximum atomic E-state index is 13.1. The van der Waals surface area contributed by atoms with Crippen LogP contribution in [0.2, 0.25) is 0 Å². The molecule has 2 aromatic rings. The van der Waals surface area contributed by atoms with E-state index in [-0.39, 0.29) is 17.3 Å². The van der Waals surface area contributed by atoms with Crippen LogP contribution in [0.25, 0.3) is 0 Å². The number of ether oxygens (including phenoxy) is 3. The summed E-state index contributed by atoms with van der Waals surface area (Å²) in [6.45, 7) is 1.03. The molecule has 0 radical (unpaired) electrons. The van der Waals surface area contributed by atoms with E-state index in [1.54, 1.807) is 30.3 Å². The summed E-state index contributed by atoms with van der Waals surface area (Å²) in [5.41, 5.74) is 0.346. The molecule has 0 aliphatic carbocycles. The highest BCUT2D eigenvalue weighted by Gasteiger charge is 2.31. The van der Waals surface area contributed by atoms with Crippen LogP contribution >= 0.6 is 0 Å². The fraction of sp³-hybridized carbons (Fsp3) is 0.381. The molecule has 0 spiro atoms. The lowest BCUT2D eigenvalue weighted by molar-refractivity contribution is -0.125. The lowest BCUT2D eigenvalue weighted by Crippen LogP contribution is -2.40. The molecule has 2 aromatic carbocycles. The first-order valence-electron chi connectivity index (χ1n) is 9.86. The van der Waals surface area contributed by atoms with Crippen LogP contribution in [0, 0.1) is 0 Å². The van der Waals surface area contributed by atoms with Crippen molar-refractivity contribution in [3.05, 3.63) is 42.5 Å². The lowest BCUT2D eigenvalue weighted by atomic mass is 10.2. The summed E-state index contributed by atoms with van der Waals surface area (Å²) in [7, 11) is -2.30. The monoisotopic (exact) mass is 432 g/mol. The van der Waals surface area contributed by atoms with E-state index < -0.39 is 22.0 Å². The van der Waals surface area contributed by atoms with Gasteiger partial charge < -0.3 is 19.5 Å². The van der Waals surface area contributed by atoms with Crippen LogP contribution in [-0.2, 0) is 14.8 Å². The van der Waals surface area contributed by atoms with Crippen molar-refractivity contribution in [3.63, 3.8) is 0 Å². The minimum Gasteiger partial charge on any atom is -0.495 e. The number of amides is 1. The summed E-state index contributed by atoms with van der Waals surface area (Å²) in [6.07, 6.45) is 1.84. The fourth-order valence-electron chi connectivity index (χ4n) is 3.57. The van der Waals surface area contributed by atoms with Crippen LogP contribution in [0.4, 0.5) is 5.69 Å². The second-order valence-electron chi connectivity index (χ2n) is 7.18. The number of hydrogen-bond acceptors (Lipinski definition) is 6. The molecule has 2 heterocycles. The highest BCUT2D eigenvalue weighted by molar-refractivity contribution is 7.89. The first-order chi connectivity index (χ1) is 14.5. The number of anilines is 1. The van der Waals surface area contributed by atoms with E-state index in [0.717, 1.165) is 19.3 Å². The Labute approximate surface area is 175 Å². The smallest absolute Gasteiger partial charge is 0.269 e. The molecular weight excluding hydrogens is 408 g/mol. The van der Waals surface area contributed by atoms with Crippen LogP contribution in [0.1, 0.15) is 19.3 Å². The average Bonchev–Trinajstić information content (AvgIpc) is 2.79. The number of fused-ring (bicyclic) bond motifs is 1. The molecule has 9 heteroatoms. The van der Waals surface area contributed by atoms with Gasteiger partial charge in [0.25, 0.3) is 5.91 Å². The van der Waals surface area contributed by atoms with Gasteiger partial charge in [-0.1, -0.05) is 18.6 Å². The molecule has 1 amide bonds. The molecule has 8 nitrogen and oxygen atoms in total. The number of methoxy groups -OCH3 is 1. The summed E-state index contributed by atoms with van der Waals surface area (Å²) in [5.74, 6) is 0.897. The van der Waals surface area contributed by atoms with E-state index in [0.29, 0.717) is 30.3 Å². The van der Waals surface area contributed by atoms with Crippen molar-refractivity contribution in [2.45, 2.75) is 30.3 Å². The van der Waals surface area contributed by atoms with Crippen LogP contribution in [-0.4, -0.2) is 51.5 Å². The van der Waals surface area contributed by atoms with Crippen LogP contribution in [0.5, 0.6) is 17.2 Å². The molecule has 30 heavy (non-hydrogen) atoms. The number of carbonyl (C=O) groups is 1. The molecule has 1 saturated heterocycles. The Balaban J connectivity index is 1.54.